The fourth-order valence-electron chi connectivity index (χ4n) is 2.32. The Hall–Kier alpha value is -1.30. The van der Waals surface area contributed by atoms with Gasteiger partial charge in [-0.1, -0.05) is 0 Å². The molecule has 2 rings (SSSR count). The Morgan fingerprint density at radius 1 is 1.43 bits per heavy atom. The second-order valence-corrected chi connectivity index (χ2v) is 7.07. The maximum atomic E-state index is 11.8. The first kappa shape index (κ1) is 16.1. The van der Waals surface area contributed by atoms with Crippen LogP contribution in [0, 0.1) is 0 Å². The number of hydrogen-bond acceptors (Lipinski definition) is 4. The summed E-state index contributed by atoms with van der Waals surface area (Å²) in [5, 5.41) is 2.94. The summed E-state index contributed by atoms with van der Waals surface area (Å²) < 4.78 is 6.29. The Balaban J connectivity index is 1.84. The number of halogens is 1. The van der Waals surface area contributed by atoms with Gasteiger partial charge in [-0.15, -0.1) is 0 Å². The van der Waals surface area contributed by atoms with E-state index in [4.69, 9.17) is 4.74 Å². The van der Waals surface area contributed by atoms with Crippen molar-refractivity contribution in [3.8, 4) is 0 Å². The number of rotatable bonds is 2. The summed E-state index contributed by atoms with van der Waals surface area (Å²) in [5.41, 5.74) is -0.455. The number of nitrogens with one attached hydrogen (secondary N) is 1. The largest absolute Gasteiger partial charge is 0.444 e. The molecule has 21 heavy (non-hydrogen) atoms. The second kappa shape index (κ2) is 6.64. The van der Waals surface area contributed by atoms with Crippen LogP contribution in [0.25, 0.3) is 0 Å². The van der Waals surface area contributed by atoms with Gasteiger partial charge in [-0.3, -0.25) is 0 Å². The third-order valence-electron chi connectivity index (χ3n) is 3.25. The molecule has 1 aromatic heterocycles. The number of anilines is 1. The molecule has 1 saturated heterocycles. The number of carbonyl (C=O) groups is 1. The highest BCUT2D eigenvalue weighted by Crippen LogP contribution is 2.25. The van der Waals surface area contributed by atoms with Crippen molar-refractivity contribution < 1.29 is 9.53 Å². The lowest BCUT2D eigenvalue weighted by atomic mass is 10.1. The number of nitrogens with zero attached hydrogens (tertiary/aromatic N) is 2. The average Bonchev–Trinajstić information content (AvgIpc) is 2.38. The Kier molecular flexibility index (Phi) is 5.08. The molecule has 6 heteroatoms. The minimum atomic E-state index is -0.455. The molecular formula is C15H22BrN3O2. The first-order chi connectivity index (χ1) is 9.85. The van der Waals surface area contributed by atoms with Crippen LogP contribution >= 0.6 is 15.9 Å². The molecular weight excluding hydrogens is 334 g/mol. The van der Waals surface area contributed by atoms with Crippen LogP contribution in [0.3, 0.4) is 0 Å². The summed E-state index contributed by atoms with van der Waals surface area (Å²) in [5.74, 6) is 0.966. The van der Waals surface area contributed by atoms with Crippen molar-refractivity contribution in [3.63, 3.8) is 0 Å². The zero-order chi connectivity index (χ0) is 15.5. The zero-order valence-electron chi connectivity index (χ0n) is 12.7. The molecule has 116 valence electrons. The monoisotopic (exact) mass is 355 g/mol. The van der Waals surface area contributed by atoms with E-state index in [0.29, 0.717) is 0 Å². The molecule has 5 nitrogen and oxygen atoms in total. The summed E-state index contributed by atoms with van der Waals surface area (Å²) in [6.45, 7) is 7.35. The molecule has 1 fully saturated rings. The van der Waals surface area contributed by atoms with Gasteiger partial charge in [-0.25, -0.2) is 9.78 Å². The molecule has 0 bridgehead atoms. The van der Waals surface area contributed by atoms with Crippen LogP contribution in [0.2, 0.25) is 0 Å². The summed E-state index contributed by atoms with van der Waals surface area (Å²) in [7, 11) is 0. The van der Waals surface area contributed by atoms with E-state index < -0.39 is 5.60 Å². The van der Waals surface area contributed by atoms with Crippen LogP contribution in [0.4, 0.5) is 10.6 Å². The molecule has 1 amide bonds. The third kappa shape index (κ3) is 4.88. The number of hydrogen-bond donors (Lipinski definition) is 1. The highest BCUT2D eigenvalue weighted by atomic mass is 79.9. The van der Waals surface area contributed by atoms with Crippen LogP contribution in [-0.2, 0) is 4.74 Å². The van der Waals surface area contributed by atoms with Crippen LogP contribution < -0.4 is 10.2 Å². The second-order valence-electron chi connectivity index (χ2n) is 6.22. The first-order valence-electron chi connectivity index (χ1n) is 7.20. The molecule has 2 heterocycles. The number of ether oxygens (including phenoxy) is 1. The molecule has 0 saturated carbocycles. The van der Waals surface area contributed by atoms with Gasteiger partial charge >= 0.3 is 6.09 Å². The van der Waals surface area contributed by atoms with Crippen molar-refractivity contribution in [1.29, 1.82) is 0 Å². The van der Waals surface area contributed by atoms with Gasteiger partial charge < -0.3 is 15.0 Å². The van der Waals surface area contributed by atoms with Crippen LogP contribution in [-0.4, -0.2) is 35.8 Å². The average molecular weight is 356 g/mol. The summed E-state index contributed by atoms with van der Waals surface area (Å²) >= 11 is 3.53. The molecule has 1 aliphatic rings. The number of pyridine rings is 1. The molecule has 0 unspecified atom stereocenters. The van der Waals surface area contributed by atoms with Gasteiger partial charge in [0, 0.05) is 25.3 Å². The van der Waals surface area contributed by atoms with Gasteiger partial charge in [0.2, 0.25) is 0 Å². The molecule has 0 spiro atoms. The predicted octanol–water partition coefficient (Wildman–Crippen LogP) is 3.34. The summed E-state index contributed by atoms with van der Waals surface area (Å²) in [6.07, 6.45) is 3.25. The van der Waals surface area contributed by atoms with E-state index >= 15 is 0 Å². The number of carbonyl (C=O) groups excluding carboxylic acids is 1. The third-order valence-corrected chi connectivity index (χ3v) is 3.87. The number of aromatic nitrogens is 1. The maximum absolute atomic E-state index is 11.8. The van der Waals surface area contributed by atoms with E-state index in [1.165, 1.54) is 0 Å². The maximum Gasteiger partial charge on any atom is 0.407 e. The van der Waals surface area contributed by atoms with Crippen molar-refractivity contribution in [2.45, 2.75) is 45.3 Å². The Labute approximate surface area is 134 Å². The van der Waals surface area contributed by atoms with Crippen molar-refractivity contribution in [2.24, 2.45) is 0 Å². The van der Waals surface area contributed by atoms with Gasteiger partial charge in [0.1, 0.15) is 11.4 Å². The van der Waals surface area contributed by atoms with Crippen molar-refractivity contribution in [2.75, 3.05) is 18.0 Å². The minimum Gasteiger partial charge on any atom is -0.444 e. The lowest BCUT2D eigenvalue weighted by Gasteiger charge is -2.33. The van der Waals surface area contributed by atoms with Crippen molar-refractivity contribution >= 4 is 27.8 Å². The van der Waals surface area contributed by atoms with Gasteiger partial charge in [0.15, 0.2) is 0 Å². The topological polar surface area (TPSA) is 54.5 Å². The summed E-state index contributed by atoms with van der Waals surface area (Å²) in [4.78, 5) is 18.4. The minimum absolute atomic E-state index is 0.165. The predicted molar refractivity (Wildman–Crippen MR) is 86.5 cm³/mol. The fourth-order valence-corrected chi connectivity index (χ4v) is 2.83. The van der Waals surface area contributed by atoms with E-state index in [2.05, 4.69) is 31.1 Å². The zero-order valence-corrected chi connectivity index (χ0v) is 14.3. The smallest absolute Gasteiger partial charge is 0.407 e. The molecule has 0 aromatic carbocycles. The van der Waals surface area contributed by atoms with E-state index in [9.17, 15) is 4.79 Å². The highest BCUT2D eigenvalue weighted by molar-refractivity contribution is 9.10. The van der Waals surface area contributed by atoms with Gasteiger partial charge in [0.05, 0.1) is 4.47 Å². The Morgan fingerprint density at radius 2 is 2.10 bits per heavy atom. The lowest BCUT2D eigenvalue weighted by Crippen LogP contribution is -2.46. The molecule has 1 N–H and O–H groups in total. The molecule has 1 aliphatic heterocycles. The van der Waals surface area contributed by atoms with Crippen LogP contribution in [0.5, 0.6) is 0 Å². The van der Waals surface area contributed by atoms with Gasteiger partial charge in [-0.2, -0.15) is 0 Å². The van der Waals surface area contributed by atoms with E-state index in [0.717, 1.165) is 36.2 Å². The van der Waals surface area contributed by atoms with Gasteiger partial charge in [0.25, 0.3) is 0 Å². The molecule has 0 atom stereocenters. The highest BCUT2D eigenvalue weighted by Gasteiger charge is 2.24. The Morgan fingerprint density at radius 3 is 2.67 bits per heavy atom. The van der Waals surface area contributed by atoms with E-state index in [1.54, 1.807) is 6.20 Å². The Bertz CT molecular complexity index is 494. The van der Waals surface area contributed by atoms with Crippen LogP contribution in [0.15, 0.2) is 22.8 Å². The first-order valence-corrected chi connectivity index (χ1v) is 7.99. The van der Waals surface area contributed by atoms with E-state index in [-0.39, 0.29) is 12.1 Å². The number of amides is 1. The van der Waals surface area contributed by atoms with Crippen LogP contribution in [0.1, 0.15) is 33.6 Å². The number of alkyl carbamates (subject to hydrolysis) is 1. The molecule has 1 aromatic rings. The number of piperidine rings is 1. The normalized spacial score (nSPS) is 16.7. The lowest BCUT2D eigenvalue weighted by molar-refractivity contribution is 0.0497. The molecule has 0 aliphatic carbocycles. The van der Waals surface area contributed by atoms with Crippen molar-refractivity contribution in [1.82, 2.24) is 10.3 Å². The summed E-state index contributed by atoms with van der Waals surface area (Å²) in [6, 6.07) is 4.07. The quantitative estimate of drug-likeness (QED) is 0.883. The van der Waals surface area contributed by atoms with Gasteiger partial charge in [-0.05, 0) is 61.7 Å². The SMILES string of the molecule is CC(C)(C)OC(=O)NC1CCN(c2ncccc2Br)CC1. The fraction of sp³-hybridized carbons (Fsp3) is 0.600. The standard InChI is InChI=1S/C15H22BrN3O2/c1-15(2,3)21-14(20)18-11-6-9-19(10-7-11)13-12(16)5-4-8-17-13/h4-5,8,11H,6-7,9-10H2,1-3H3,(H,18,20). The molecule has 0 radical (unpaired) electrons. The van der Waals surface area contributed by atoms with Crippen molar-refractivity contribution in [3.05, 3.63) is 22.8 Å². The van der Waals surface area contributed by atoms with E-state index in [1.807, 2.05) is 32.9 Å².